The number of nitrogens with zero attached hydrogens (tertiary/aromatic N) is 4. The second-order valence-electron chi connectivity index (χ2n) is 9.59. The number of nitrogens with one attached hydrogen (secondary N) is 3. The minimum absolute atomic E-state index is 0.113. The van der Waals surface area contributed by atoms with E-state index in [1.54, 1.807) is 12.1 Å². The lowest BCUT2D eigenvalue weighted by Gasteiger charge is -2.34. The van der Waals surface area contributed by atoms with Gasteiger partial charge in [0.2, 0.25) is 5.82 Å². The molecule has 3 aromatic rings. The van der Waals surface area contributed by atoms with Gasteiger partial charge >= 0.3 is 6.18 Å². The van der Waals surface area contributed by atoms with Gasteiger partial charge < -0.3 is 20.7 Å². The number of ether oxygens (including phenoxy) is 1. The summed E-state index contributed by atoms with van der Waals surface area (Å²) in [6, 6.07) is 6.90. The molecule has 2 atom stereocenters. The normalized spacial score (nSPS) is 19.5. The third-order valence-electron chi connectivity index (χ3n) is 6.95. The highest BCUT2D eigenvalue weighted by atomic mass is 35.5. The van der Waals surface area contributed by atoms with E-state index in [1.807, 2.05) is 17.0 Å². The van der Waals surface area contributed by atoms with Gasteiger partial charge in [0.05, 0.1) is 35.4 Å². The predicted molar refractivity (Wildman–Crippen MR) is 141 cm³/mol. The summed E-state index contributed by atoms with van der Waals surface area (Å²) >= 11 is 6.47. The Morgan fingerprint density at radius 2 is 1.95 bits per heavy atom. The van der Waals surface area contributed by atoms with E-state index in [2.05, 4.69) is 30.9 Å². The largest absolute Gasteiger partial charge is 0.451 e. The molecule has 5 rings (SSSR count). The summed E-state index contributed by atoms with van der Waals surface area (Å²) in [5, 5.41) is 10.6. The number of rotatable bonds is 7. The first-order valence-electron chi connectivity index (χ1n) is 12.9. The molecule has 0 aliphatic carbocycles. The van der Waals surface area contributed by atoms with Crippen molar-refractivity contribution in [3.63, 3.8) is 0 Å². The van der Waals surface area contributed by atoms with Crippen molar-refractivity contribution < 1.29 is 22.7 Å². The third-order valence-corrected chi connectivity index (χ3v) is 7.26. The second-order valence-corrected chi connectivity index (χ2v) is 9.99. The molecule has 1 amide bonds. The van der Waals surface area contributed by atoms with Crippen LogP contribution in [0.15, 0.2) is 36.7 Å². The van der Waals surface area contributed by atoms with E-state index in [4.69, 9.17) is 16.3 Å². The summed E-state index contributed by atoms with van der Waals surface area (Å²) in [4.78, 5) is 27.2. The monoisotopic (exact) mass is 563 g/mol. The van der Waals surface area contributed by atoms with Crippen LogP contribution in [0.3, 0.4) is 0 Å². The number of carbonyl (C=O) groups excluding carboxylic acids is 1. The Morgan fingerprint density at radius 1 is 1.18 bits per heavy atom. The maximum absolute atomic E-state index is 13.4. The fourth-order valence-corrected chi connectivity index (χ4v) is 5.20. The smallest absolute Gasteiger partial charge is 0.379 e. The number of aromatic nitrogens is 3. The first-order valence-corrected chi connectivity index (χ1v) is 13.2. The van der Waals surface area contributed by atoms with Gasteiger partial charge in [0.1, 0.15) is 5.82 Å². The van der Waals surface area contributed by atoms with Gasteiger partial charge in [0, 0.05) is 55.6 Å². The van der Waals surface area contributed by atoms with Gasteiger partial charge in [-0.3, -0.25) is 9.69 Å². The van der Waals surface area contributed by atoms with E-state index in [-0.39, 0.29) is 23.2 Å². The predicted octanol–water partition coefficient (Wildman–Crippen LogP) is 3.66. The van der Waals surface area contributed by atoms with E-state index in [1.165, 1.54) is 0 Å². The van der Waals surface area contributed by atoms with E-state index in [9.17, 15) is 18.0 Å². The number of fused-ring (bicyclic) bond motifs is 1. The molecule has 0 saturated carbocycles. The molecule has 9 nitrogen and oxygen atoms in total. The Balaban J connectivity index is 1.35. The summed E-state index contributed by atoms with van der Waals surface area (Å²) in [7, 11) is 0. The molecule has 13 heteroatoms. The van der Waals surface area contributed by atoms with E-state index >= 15 is 0 Å². The third kappa shape index (κ3) is 6.57. The SMILES string of the molecule is O=C(NCC(c1cnc(C(F)(F)F)nc1)N1CCOCC1)c1c(Cl)ccc2nc(NC3CCCNC3)ccc12. The summed E-state index contributed by atoms with van der Waals surface area (Å²) in [5.41, 5.74) is 1.37. The number of anilines is 1. The molecule has 1 aromatic carbocycles. The standard InChI is InChI=1S/C26H29ClF3N7O2/c27-19-4-5-20-18(3-6-22(36-20)35-17-2-1-7-31-14-17)23(19)24(38)32-15-21(37-8-10-39-11-9-37)16-12-33-25(34-13-16)26(28,29)30/h3-6,12-13,17,21,31H,1-2,7-11,14-15H2,(H,32,38)(H,35,36). The summed E-state index contributed by atoms with van der Waals surface area (Å²) < 4.78 is 44.4. The molecule has 0 spiro atoms. The number of pyridine rings is 1. The highest BCUT2D eigenvalue weighted by Gasteiger charge is 2.35. The fourth-order valence-electron chi connectivity index (χ4n) is 4.95. The average molecular weight is 564 g/mol. The topological polar surface area (TPSA) is 104 Å². The maximum atomic E-state index is 13.4. The van der Waals surface area contributed by atoms with Gasteiger partial charge in [0.25, 0.3) is 5.91 Å². The van der Waals surface area contributed by atoms with E-state index in [0.717, 1.165) is 44.1 Å². The molecule has 4 heterocycles. The molecule has 2 fully saturated rings. The van der Waals surface area contributed by atoms with Gasteiger partial charge in [-0.25, -0.2) is 15.0 Å². The number of hydrogen-bond acceptors (Lipinski definition) is 8. The molecule has 2 aliphatic heterocycles. The maximum Gasteiger partial charge on any atom is 0.451 e. The van der Waals surface area contributed by atoms with Gasteiger partial charge in [-0.15, -0.1) is 0 Å². The van der Waals surface area contributed by atoms with Gasteiger partial charge in [-0.05, 0) is 43.7 Å². The molecule has 3 N–H and O–H groups in total. The van der Waals surface area contributed by atoms with Crippen molar-refractivity contribution in [2.75, 3.05) is 51.3 Å². The number of carbonyl (C=O) groups is 1. The highest BCUT2D eigenvalue weighted by molar-refractivity contribution is 6.35. The highest BCUT2D eigenvalue weighted by Crippen LogP contribution is 2.29. The van der Waals surface area contributed by atoms with Crippen LogP contribution in [0.1, 0.15) is 40.6 Å². The Morgan fingerprint density at radius 3 is 2.64 bits per heavy atom. The molecule has 2 saturated heterocycles. The number of benzene rings is 1. The molecule has 208 valence electrons. The van der Waals surface area contributed by atoms with Crippen LogP contribution < -0.4 is 16.0 Å². The minimum Gasteiger partial charge on any atom is -0.379 e. The molecule has 0 bridgehead atoms. The number of morpholine rings is 1. The van der Waals surface area contributed by atoms with Crippen molar-refractivity contribution in [3.05, 3.63) is 58.6 Å². The van der Waals surface area contributed by atoms with Crippen molar-refractivity contribution in [2.24, 2.45) is 0 Å². The molecule has 0 radical (unpaired) electrons. The molecule has 2 aliphatic rings. The van der Waals surface area contributed by atoms with Gasteiger partial charge in [-0.2, -0.15) is 13.2 Å². The minimum atomic E-state index is -4.64. The zero-order valence-corrected chi connectivity index (χ0v) is 21.9. The lowest BCUT2D eigenvalue weighted by atomic mass is 10.1. The Bertz CT molecular complexity index is 1300. The summed E-state index contributed by atoms with van der Waals surface area (Å²) in [6.45, 7) is 4.03. The van der Waals surface area contributed by atoms with Crippen LogP contribution in [0, 0.1) is 0 Å². The van der Waals surface area contributed by atoms with Crippen molar-refractivity contribution in [1.82, 2.24) is 30.5 Å². The van der Waals surface area contributed by atoms with Gasteiger partial charge in [-0.1, -0.05) is 11.6 Å². The van der Waals surface area contributed by atoms with E-state index < -0.39 is 23.9 Å². The van der Waals surface area contributed by atoms with Crippen LogP contribution in [0.2, 0.25) is 5.02 Å². The average Bonchev–Trinajstić information content (AvgIpc) is 2.94. The van der Waals surface area contributed by atoms with Crippen LogP contribution >= 0.6 is 11.6 Å². The van der Waals surface area contributed by atoms with Crippen LogP contribution in [0.5, 0.6) is 0 Å². The number of halogens is 4. The van der Waals surface area contributed by atoms with Crippen molar-refractivity contribution >= 4 is 34.2 Å². The first-order chi connectivity index (χ1) is 18.8. The van der Waals surface area contributed by atoms with Crippen molar-refractivity contribution in [2.45, 2.75) is 31.1 Å². The van der Waals surface area contributed by atoms with Crippen molar-refractivity contribution in [1.29, 1.82) is 0 Å². The quantitative estimate of drug-likeness (QED) is 0.400. The lowest BCUT2D eigenvalue weighted by Crippen LogP contribution is -2.44. The zero-order valence-electron chi connectivity index (χ0n) is 21.1. The Kier molecular flexibility index (Phi) is 8.46. The summed E-state index contributed by atoms with van der Waals surface area (Å²) in [5.74, 6) is -0.894. The molecular formula is C26H29ClF3N7O2. The number of piperidine rings is 1. The zero-order chi connectivity index (χ0) is 27.4. The summed E-state index contributed by atoms with van der Waals surface area (Å²) in [6.07, 6.45) is -0.173. The number of alkyl halides is 3. The van der Waals surface area contributed by atoms with Crippen LogP contribution in [-0.2, 0) is 10.9 Å². The first kappa shape index (κ1) is 27.5. The Labute approximate surface area is 228 Å². The fraction of sp³-hybridized carbons (Fsp3) is 0.462. The number of hydrogen-bond donors (Lipinski definition) is 3. The lowest BCUT2D eigenvalue weighted by molar-refractivity contribution is -0.145. The van der Waals surface area contributed by atoms with E-state index in [0.29, 0.717) is 42.8 Å². The van der Waals surface area contributed by atoms with Crippen LogP contribution in [-0.4, -0.2) is 77.7 Å². The second kappa shape index (κ2) is 12.0. The van der Waals surface area contributed by atoms with Crippen molar-refractivity contribution in [3.8, 4) is 0 Å². The molecular weight excluding hydrogens is 535 g/mol. The Hall–Kier alpha value is -3.06. The van der Waals surface area contributed by atoms with Gasteiger partial charge in [0.15, 0.2) is 0 Å². The van der Waals surface area contributed by atoms with Crippen LogP contribution in [0.4, 0.5) is 19.0 Å². The van der Waals surface area contributed by atoms with Crippen LogP contribution in [0.25, 0.3) is 10.9 Å². The molecule has 2 unspecified atom stereocenters. The molecule has 39 heavy (non-hydrogen) atoms. The number of amides is 1. The molecule has 2 aromatic heterocycles.